The minimum absolute atomic E-state index is 0.0973. The van der Waals surface area contributed by atoms with Gasteiger partial charge in [0.2, 0.25) is 0 Å². The number of benzene rings is 3. The maximum Gasteiger partial charge on any atom is 0.255 e. The maximum atomic E-state index is 12.8. The van der Waals surface area contributed by atoms with Crippen LogP contribution in [0.1, 0.15) is 33.2 Å². The maximum absolute atomic E-state index is 12.8. The molecule has 0 aliphatic carbocycles. The van der Waals surface area contributed by atoms with E-state index in [1.54, 1.807) is 24.3 Å². The molecule has 3 aromatic carbocycles. The summed E-state index contributed by atoms with van der Waals surface area (Å²) in [4.78, 5) is 29.5. The van der Waals surface area contributed by atoms with Crippen molar-refractivity contribution >= 4 is 23.2 Å². The number of piperazine rings is 1. The molecule has 1 N–H and O–H groups in total. The zero-order valence-corrected chi connectivity index (χ0v) is 19.1. The molecule has 0 saturated carbocycles. The van der Waals surface area contributed by atoms with E-state index in [1.807, 2.05) is 67.3 Å². The molecule has 0 unspecified atom stereocenters. The van der Waals surface area contributed by atoms with Gasteiger partial charge in [-0.2, -0.15) is 0 Å². The number of ether oxygens (including phenoxy) is 1. The number of rotatable bonds is 6. The van der Waals surface area contributed by atoms with Gasteiger partial charge in [-0.1, -0.05) is 18.2 Å². The molecule has 170 valence electrons. The number of nitrogens with one attached hydrogen (secondary N) is 1. The molecule has 1 heterocycles. The molecule has 1 aliphatic heterocycles. The summed E-state index contributed by atoms with van der Waals surface area (Å²) in [5, 5.41) is 2.93. The first-order chi connectivity index (χ1) is 16.0. The number of anilines is 2. The second-order valence-electron chi connectivity index (χ2n) is 8.05. The van der Waals surface area contributed by atoms with Gasteiger partial charge >= 0.3 is 0 Å². The Kier molecular flexibility index (Phi) is 6.93. The van der Waals surface area contributed by atoms with Gasteiger partial charge in [0.1, 0.15) is 5.75 Å². The predicted octanol–water partition coefficient (Wildman–Crippen LogP) is 4.61. The summed E-state index contributed by atoms with van der Waals surface area (Å²) >= 11 is 0. The Balaban J connectivity index is 1.32. The summed E-state index contributed by atoms with van der Waals surface area (Å²) < 4.78 is 5.42. The second kappa shape index (κ2) is 10.2. The molecule has 0 aromatic heterocycles. The van der Waals surface area contributed by atoms with Crippen LogP contribution >= 0.6 is 0 Å². The molecule has 33 heavy (non-hydrogen) atoms. The van der Waals surface area contributed by atoms with Gasteiger partial charge in [-0.25, -0.2) is 0 Å². The van der Waals surface area contributed by atoms with Gasteiger partial charge in [0, 0.05) is 48.7 Å². The van der Waals surface area contributed by atoms with Crippen LogP contribution in [0.25, 0.3) is 0 Å². The van der Waals surface area contributed by atoms with Gasteiger partial charge in [-0.15, -0.1) is 0 Å². The van der Waals surface area contributed by atoms with E-state index < -0.39 is 0 Å². The molecule has 1 saturated heterocycles. The number of carbonyl (C=O) groups is 2. The van der Waals surface area contributed by atoms with Crippen LogP contribution in [0.3, 0.4) is 0 Å². The molecule has 0 radical (unpaired) electrons. The summed E-state index contributed by atoms with van der Waals surface area (Å²) in [7, 11) is 0. The molecule has 2 amide bonds. The van der Waals surface area contributed by atoms with E-state index in [0.29, 0.717) is 25.3 Å². The van der Waals surface area contributed by atoms with Crippen LogP contribution in [0.4, 0.5) is 11.4 Å². The first-order valence-electron chi connectivity index (χ1n) is 11.3. The van der Waals surface area contributed by atoms with Crippen molar-refractivity contribution in [3.05, 3.63) is 89.5 Å². The van der Waals surface area contributed by atoms with Crippen LogP contribution in [0.2, 0.25) is 0 Å². The lowest BCUT2D eigenvalue weighted by atomic mass is 10.1. The fourth-order valence-electron chi connectivity index (χ4n) is 3.98. The van der Waals surface area contributed by atoms with Crippen LogP contribution in [-0.4, -0.2) is 49.5 Å². The fraction of sp³-hybridized carbons (Fsp3) is 0.259. The minimum atomic E-state index is -0.158. The van der Waals surface area contributed by atoms with Gasteiger partial charge in [-0.3, -0.25) is 9.59 Å². The summed E-state index contributed by atoms with van der Waals surface area (Å²) in [6.45, 7) is 7.41. The number of nitrogens with zero attached hydrogens (tertiary/aromatic N) is 2. The Morgan fingerprint density at radius 2 is 1.55 bits per heavy atom. The van der Waals surface area contributed by atoms with Crippen molar-refractivity contribution in [1.82, 2.24) is 4.90 Å². The number of aryl methyl sites for hydroxylation is 1. The van der Waals surface area contributed by atoms with Crippen molar-refractivity contribution in [3.8, 4) is 5.75 Å². The van der Waals surface area contributed by atoms with Crippen molar-refractivity contribution in [3.63, 3.8) is 0 Å². The highest BCUT2D eigenvalue weighted by molar-refractivity contribution is 6.04. The SMILES string of the molecule is CCOc1ccc(C(=O)Nc2ccc(N3CCN(C(=O)c4ccccc4C)CC3)cc2)cc1. The number of carbonyl (C=O) groups excluding carboxylic acids is 2. The molecular weight excluding hydrogens is 414 g/mol. The third-order valence-electron chi connectivity index (χ3n) is 5.86. The molecule has 0 spiro atoms. The van der Waals surface area contributed by atoms with Crippen LogP contribution in [0.15, 0.2) is 72.8 Å². The lowest BCUT2D eigenvalue weighted by molar-refractivity contribution is 0.0746. The molecule has 0 atom stereocenters. The molecule has 0 bridgehead atoms. The van der Waals surface area contributed by atoms with E-state index in [1.165, 1.54) is 0 Å². The third kappa shape index (κ3) is 5.34. The summed E-state index contributed by atoms with van der Waals surface area (Å²) in [5.74, 6) is 0.688. The Morgan fingerprint density at radius 3 is 2.18 bits per heavy atom. The van der Waals surface area contributed by atoms with Gasteiger partial charge < -0.3 is 19.9 Å². The lowest BCUT2D eigenvalue weighted by Gasteiger charge is -2.36. The molecule has 4 rings (SSSR count). The normalized spacial score (nSPS) is 13.5. The van der Waals surface area contributed by atoms with Crippen LogP contribution in [-0.2, 0) is 0 Å². The highest BCUT2D eigenvalue weighted by atomic mass is 16.5. The van der Waals surface area contributed by atoms with E-state index in [0.717, 1.165) is 41.3 Å². The van der Waals surface area contributed by atoms with Crippen molar-refractivity contribution in [2.24, 2.45) is 0 Å². The van der Waals surface area contributed by atoms with Gasteiger partial charge in [-0.05, 0) is 74.0 Å². The second-order valence-corrected chi connectivity index (χ2v) is 8.05. The Hall–Kier alpha value is -3.80. The summed E-state index contributed by atoms with van der Waals surface area (Å²) in [5.41, 5.74) is 4.19. The highest BCUT2D eigenvalue weighted by Gasteiger charge is 2.23. The Labute approximate surface area is 194 Å². The smallest absolute Gasteiger partial charge is 0.255 e. The van der Waals surface area contributed by atoms with E-state index in [4.69, 9.17) is 4.74 Å². The zero-order valence-electron chi connectivity index (χ0n) is 19.1. The highest BCUT2D eigenvalue weighted by Crippen LogP contribution is 2.21. The average molecular weight is 444 g/mol. The fourth-order valence-corrected chi connectivity index (χ4v) is 3.98. The van der Waals surface area contributed by atoms with Gasteiger partial charge in [0.25, 0.3) is 11.8 Å². The zero-order chi connectivity index (χ0) is 23.2. The number of amides is 2. The first-order valence-corrected chi connectivity index (χ1v) is 11.3. The predicted molar refractivity (Wildman–Crippen MR) is 131 cm³/mol. The summed E-state index contributed by atoms with van der Waals surface area (Å²) in [6.07, 6.45) is 0. The van der Waals surface area contributed by atoms with Crippen molar-refractivity contribution < 1.29 is 14.3 Å². The van der Waals surface area contributed by atoms with Crippen LogP contribution in [0.5, 0.6) is 5.75 Å². The molecule has 6 nitrogen and oxygen atoms in total. The van der Waals surface area contributed by atoms with Crippen LogP contribution in [0, 0.1) is 6.92 Å². The Bertz CT molecular complexity index is 1100. The van der Waals surface area contributed by atoms with Crippen molar-refractivity contribution in [2.45, 2.75) is 13.8 Å². The van der Waals surface area contributed by atoms with E-state index >= 15 is 0 Å². The van der Waals surface area contributed by atoms with E-state index in [9.17, 15) is 9.59 Å². The molecule has 1 aliphatic rings. The number of hydrogen-bond acceptors (Lipinski definition) is 4. The molecule has 6 heteroatoms. The van der Waals surface area contributed by atoms with E-state index in [-0.39, 0.29) is 11.8 Å². The monoisotopic (exact) mass is 443 g/mol. The quantitative estimate of drug-likeness (QED) is 0.604. The summed E-state index contributed by atoms with van der Waals surface area (Å²) in [6, 6.07) is 22.7. The standard InChI is InChI=1S/C27H29N3O3/c1-3-33-24-14-8-21(9-15-24)26(31)28-22-10-12-23(13-11-22)29-16-18-30(19-17-29)27(32)25-7-5-4-6-20(25)2/h4-15H,3,16-19H2,1-2H3,(H,28,31). The van der Waals surface area contributed by atoms with E-state index in [2.05, 4.69) is 10.2 Å². The topological polar surface area (TPSA) is 61.9 Å². The third-order valence-corrected chi connectivity index (χ3v) is 5.86. The van der Waals surface area contributed by atoms with Gasteiger partial charge in [0.05, 0.1) is 6.61 Å². The minimum Gasteiger partial charge on any atom is -0.494 e. The Morgan fingerprint density at radius 1 is 0.879 bits per heavy atom. The number of hydrogen-bond donors (Lipinski definition) is 1. The first kappa shape index (κ1) is 22.4. The largest absolute Gasteiger partial charge is 0.494 e. The molecule has 1 fully saturated rings. The van der Waals surface area contributed by atoms with Crippen LogP contribution < -0.4 is 15.0 Å². The van der Waals surface area contributed by atoms with Crippen molar-refractivity contribution in [1.29, 1.82) is 0 Å². The van der Waals surface area contributed by atoms with Gasteiger partial charge in [0.15, 0.2) is 0 Å². The molecule has 3 aromatic rings. The van der Waals surface area contributed by atoms with Crippen molar-refractivity contribution in [2.75, 3.05) is 43.0 Å². The average Bonchev–Trinajstić information content (AvgIpc) is 2.85. The lowest BCUT2D eigenvalue weighted by Crippen LogP contribution is -2.48. The molecular formula is C27H29N3O3.